The van der Waals surface area contributed by atoms with E-state index < -0.39 is 5.92 Å². The van der Waals surface area contributed by atoms with Crippen LogP contribution in [0.3, 0.4) is 0 Å². The van der Waals surface area contributed by atoms with Crippen LogP contribution in [0.15, 0.2) is 0 Å². The summed E-state index contributed by atoms with van der Waals surface area (Å²) in [5, 5.41) is 0. The van der Waals surface area contributed by atoms with Gasteiger partial charge in [-0.2, -0.15) is 0 Å². The van der Waals surface area contributed by atoms with E-state index in [9.17, 15) is 8.78 Å². The minimum Gasteiger partial charge on any atom is -0.378 e. The lowest BCUT2D eigenvalue weighted by Crippen LogP contribution is -2.39. The molecule has 72 valence electrons. The van der Waals surface area contributed by atoms with Crippen molar-refractivity contribution in [3.8, 4) is 0 Å². The van der Waals surface area contributed by atoms with Gasteiger partial charge in [0.2, 0.25) is 5.92 Å². The number of halogens is 2. The van der Waals surface area contributed by atoms with Crippen LogP contribution in [0.25, 0.3) is 0 Å². The number of ether oxygens (including phenoxy) is 1. The highest BCUT2D eigenvalue weighted by atomic mass is 19.3. The van der Waals surface area contributed by atoms with E-state index in [4.69, 9.17) is 4.74 Å². The first kappa shape index (κ1) is 9.90. The van der Waals surface area contributed by atoms with E-state index in [0.717, 1.165) is 6.42 Å². The molecule has 1 aliphatic rings. The van der Waals surface area contributed by atoms with Crippen LogP contribution in [-0.2, 0) is 4.74 Å². The monoisotopic (exact) mass is 178 g/mol. The number of alkyl halides is 2. The first-order valence-electron chi connectivity index (χ1n) is 4.47. The van der Waals surface area contributed by atoms with Crippen molar-refractivity contribution >= 4 is 0 Å². The normalized spacial score (nSPS) is 27.0. The summed E-state index contributed by atoms with van der Waals surface area (Å²) in [6.45, 7) is 1.99. The van der Waals surface area contributed by atoms with E-state index in [2.05, 4.69) is 0 Å². The van der Waals surface area contributed by atoms with Gasteiger partial charge in [0.1, 0.15) is 0 Å². The summed E-state index contributed by atoms with van der Waals surface area (Å²) >= 11 is 0. The molecule has 1 saturated carbocycles. The third kappa shape index (κ3) is 1.94. The molecule has 0 radical (unpaired) electrons. The maximum atomic E-state index is 12.8. The van der Waals surface area contributed by atoms with E-state index in [1.807, 2.05) is 6.92 Å². The van der Waals surface area contributed by atoms with Crippen molar-refractivity contribution in [3.63, 3.8) is 0 Å². The first-order chi connectivity index (χ1) is 5.54. The summed E-state index contributed by atoms with van der Waals surface area (Å²) in [7, 11) is 1.62. The van der Waals surface area contributed by atoms with Gasteiger partial charge in [-0.1, -0.05) is 6.92 Å². The predicted octanol–water partition coefficient (Wildman–Crippen LogP) is 2.99. The standard InChI is InChI=1S/C9H16F2O/c1-3-8(12-2)4-6-9(10,11)7-5-8/h3-7H2,1-2H3. The highest BCUT2D eigenvalue weighted by molar-refractivity contribution is 4.88. The van der Waals surface area contributed by atoms with Gasteiger partial charge in [0, 0.05) is 20.0 Å². The molecule has 0 bridgehead atoms. The zero-order chi connectivity index (χ0) is 9.24. The van der Waals surface area contributed by atoms with Crippen LogP contribution >= 0.6 is 0 Å². The summed E-state index contributed by atoms with van der Waals surface area (Å²) < 4.78 is 30.8. The molecule has 0 aromatic rings. The molecular weight excluding hydrogens is 162 g/mol. The molecule has 0 spiro atoms. The Morgan fingerprint density at radius 3 is 2.00 bits per heavy atom. The van der Waals surface area contributed by atoms with Gasteiger partial charge >= 0.3 is 0 Å². The van der Waals surface area contributed by atoms with Gasteiger partial charge in [0.05, 0.1) is 5.60 Å². The molecule has 12 heavy (non-hydrogen) atoms. The van der Waals surface area contributed by atoms with Crippen molar-refractivity contribution in [1.82, 2.24) is 0 Å². The second-order valence-corrected chi connectivity index (χ2v) is 3.60. The van der Waals surface area contributed by atoms with Gasteiger partial charge in [-0.05, 0) is 19.3 Å². The van der Waals surface area contributed by atoms with E-state index in [-0.39, 0.29) is 18.4 Å². The van der Waals surface area contributed by atoms with Crippen LogP contribution in [0.5, 0.6) is 0 Å². The second-order valence-electron chi connectivity index (χ2n) is 3.60. The molecule has 1 aliphatic carbocycles. The molecule has 3 heteroatoms. The maximum Gasteiger partial charge on any atom is 0.248 e. The van der Waals surface area contributed by atoms with Crippen molar-refractivity contribution in [1.29, 1.82) is 0 Å². The molecule has 0 amide bonds. The molecule has 0 atom stereocenters. The molecule has 0 aliphatic heterocycles. The van der Waals surface area contributed by atoms with E-state index >= 15 is 0 Å². The third-order valence-corrected chi connectivity index (χ3v) is 2.97. The third-order valence-electron chi connectivity index (χ3n) is 2.97. The molecule has 0 aromatic carbocycles. The van der Waals surface area contributed by atoms with Crippen molar-refractivity contribution in [2.75, 3.05) is 7.11 Å². The number of hydrogen-bond acceptors (Lipinski definition) is 1. The summed E-state index contributed by atoms with van der Waals surface area (Å²) in [6.07, 6.45) is 1.78. The van der Waals surface area contributed by atoms with Gasteiger partial charge in [-0.25, -0.2) is 8.78 Å². The topological polar surface area (TPSA) is 9.23 Å². The van der Waals surface area contributed by atoms with Gasteiger partial charge in [0.25, 0.3) is 0 Å². The Labute approximate surface area is 72.1 Å². The molecule has 1 fully saturated rings. The molecule has 0 saturated heterocycles. The Morgan fingerprint density at radius 1 is 1.17 bits per heavy atom. The van der Waals surface area contributed by atoms with E-state index in [1.54, 1.807) is 7.11 Å². The van der Waals surface area contributed by atoms with Gasteiger partial charge in [-0.15, -0.1) is 0 Å². The largest absolute Gasteiger partial charge is 0.378 e. The van der Waals surface area contributed by atoms with Gasteiger partial charge < -0.3 is 4.74 Å². The SMILES string of the molecule is CCC1(OC)CCC(F)(F)CC1. The molecule has 1 rings (SSSR count). The van der Waals surface area contributed by atoms with Crippen LogP contribution in [-0.4, -0.2) is 18.6 Å². The lowest BCUT2D eigenvalue weighted by atomic mass is 9.81. The summed E-state index contributed by atoms with van der Waals surface area (Å²) in [5.41, 5.74) is -0.262. The number of hydrogen-bond donors (Lipinski definition) is 0. The molecule has 0 heterocycles. The fraction of sp³-hybridized carbons (Fsp3) is 1.00. The summed E-state index contributed by atoms with van der Waals surface area (Å²) in [4.78, 5) is 0. The molecular formula is C9H16F2O. The molecule has 0 aromatic heterocycles. The lowest BCUT2D eigenvalue weighted by Gasteiger charge is -2.38. The summed E-state index contributed by atoms with van der Waals surface area (Å²) in [5.74, 6) is -2.45. The van der Waals surface area contributed by atoms with Crippen LogP contribution < -0.4 is 0 Å². The van der Waals surface area contributed by atoms with E-state index in [0.29, 0.717) is 12.8 Å². The van der Waals surface area contributed by atoms with Crippen LogP contribution in [0.1, 0.15) is 39.0 Å². The lowest BCUT2D eigenvalue weighted by molar-refractivity contribution is -0.119. The van der Waals surface area contributed by atoms with Gasteiger partial charge in [-0.3, -0.25) is 0 Å². The van der Waals surface area contributed by atoms with Crippen molar-refractivity contribution < 1.29 is 13.5 Å². The zero-order valence-corrected chi connectivity index (χ0v) is 7.70. The smallest absolute Gasteiger partial charge is 0.248 e. The minimum absolute atomic E-state index is 0.0192. The first-order valence-corrected chi connectivity index (χ1v) is 4.47. The van der Waals surface area contributed by atoms with Crippen LogP contribution in [0.2, 0.25) is 0 Å². The number of methoxy groups -OCH3 is 1. The zero-order valence-electron chi connectivity index (χ0n) is 7.70. The summed E-state index contributed by atoms with van der Waals surface area (Å²) in [6, 6.07) is 0. The van der Waals surface area contributed by atoms with Crippen molar-refractivity contribution in [3.05, 3.63) is 0 Å². The van der Waals surface area contributed by atoms with Crippen LogP contribution in [0.4, 0.5) is 8.78 Å². The average molecular weight is 178 g/mol. The Hall–Kier alpha value is -0.180. The Bertz CT molecular complexity index is 141. The highest BCUT2D eigenvalue weighted by Gasteiger charge is 2.42. The average Bonchev–Trinajstić information content (AvgIpc) is 2.06. The Kier molecular flexibility index (Phi) is 2.71. The van der Waals surface area contributed by atoms with Gasteiger partial charge in [0.15, 0.2) is 0 Å². The number of rotatable bonds is 2. The second kappa shape index (κ2) is 3.29. The van der Waals surface area contributed by atoms with E-state index in [1.165, 1.54) is 0 Å². The highest BCUT2D eigenvalue weighted by Crippen LogP contribution is 2.41. The van der Waals surface area contributed by atoms with Crippen LogP contribution in [0, 0.1) is 0 Å². The Morgan fingerprint density at radius 2 is 1.67 bits per heavy atom. The predicted molar refractivity (Wildman–Crippen MR) is 43.4 cm³/mol. The maximum absolute atomic E-state index is 12.8. The van der Waals surface area contributed by atoms with Crippen molar-refractivity contribution in [2.24, 2.45) is 0 Å². The fourth-order valence-electron chi connectivity index (χ4n) is 1.77. The van der Waals surface area contributed by atoms with Crippen molar-refractivity contribution in [2.45, 2.75) is 50.6 Å². The molecule has 0 N–H and O–H groups in total. The minimum atomic E-state index is -2.45. The molecule has 0 unspecified atom stereocenters. The fourth-order valence-corrected chi connectivity index (χ4v) is 1.77. The Balaban J connectivity index is 2.53. The molecule has 1 nitrogen and oxygen atoms in total. The quantitative estimate of drug-likeness (QED) is 0.631.